The molecule has 12 atom stereocenters. The molecule has 0 aliphatic carbocycles. The number of nitrogens with one attached hydrogen (secondary N) is 11. The molecule has 29 heteroatoms. The van der Waals surface area contributed by atoms with Crippen molar-refractivity contribution in [2.45, 2.75) is 229 Å². The molecular weight excluding hydrogens is 1140 g/mol. The van der Waals surface area contributed by atoms with Gasteiger partial charge in [-0.05, 0) is 104 Å². The van der Waals surface area contributed by atoms with E-state index in [-0.39, 0.29) is 84.1 Å². The summed E-state index contributed by atoms with van der Waals surface area (Å²) in [4.78, 5) is 155. The Hall–Kier alpha value is -6.89. The second-order valence-electron chi connectivity index (χ2n) is 22.4. The Bertz CT molecular complexity index is 2340. The predicted octanol–water partition coefficient (Wildman–Crippen LogP) is -3.79. The van der Waals surface area contributed by atoms with Crippen LogP contribution in [0.25, 0.3) is 0 Å². The normalized spacial score (nSPS) is 22.1. The van der Waals surface area contributed by atoms with Crippen LogP contribution in [0.2, 0.25) is 0 Å². The van der Waals surface area contributed by atoms with Crippen LogP contribution in [-0.2, 0) is 59.2 Å². The molecule has 2 rings (SSSR count). The van der Waals surface area contributed by atoms with Gasteiger partial charge in [0, 0.05) is 19.4 Å². The van der Waals surface area contributed by atoms with Crippen LogP contribution in [0.15, 0.2) is 30.3 Å². The van der Waals surface area contributed by atoms with Crippen molar-refractivity contribution in [2.24, 2.45) is 28.7 Å². The van der Waals surface area contributed by atoms with E-state index in [9.17, 15) is 63.0 Å². The van der Waals surface area contributed by atoms with Crippen LogP contribution >= 0.6 is 0 Å². The fourth-order valence-corrected chi connectivity index (χ4v) is 9.72. The summed E-state index contributed by atoms with van der Waals surface area (Å²) in [7, 11) is 0. The topological polar surface area (TPSA) is 491 Å². The highest BCUT2D eigenvalue weighted by Crippen LogP contribution is 2.13. The number of aliphatic hydroxyl groups is 2. The second-order valence-corrected chi connectivity index (χ2v) is 22.4. The van der Waals surface area contributed by atoms with Gasteiger partial charge in [0.05, 0.1) is 12.2 Å². The molecule has 1 saturated heterocycles. The number of aliphatic hydroxyl groups excluding tert-OH is 2. The predicted molar refractivity (Wildman–Crippen MR) is 330 cm³/mol. The Labute approximate surface area is 517 Å². The molecule has 11 amide bonds. The summed E-state index contributed by atoms with van der Waals surface area (Å²) in [6.07, 6.45) is 5.08. The van der Waals surface area contributed by atoms with Crippen molar-refractivity contribution in [3.05, 3.63) is 35.9 Å². The Kier molecular flexibility index (Phi) is 38.3. The largest absolute Gasteiger partial charge is 0.391 e. The number of carbonyl (C=O) groups excluding carboxylic acids is 11. The van der Waals surface area contributed by atoms with Gasteiger partial charge in [0.25, 0.3) is 0 Å². The van der Waals surface area contributed by atoms with Crippen LogP contribution in [0.1, 0.15) is 155 Å². The number of rotatable bonds is 34. The molecule has 1 heterocycles. The van der Waals surface area contributed by atoms with E-state index in [1.54, 1.807) is 30.3 Å². The second kappa shape index (κ2) is 43.7. The first-order valence-corrected chi connectivity index (χ1v) is 31.3. The van der Waals surface area contributed by atoms with Crippen LogP contribution in [0.4, 0.5) is 0 Å². The SMILES string of the molecule is CCCCCCCC[C@@H]1NC(=O)[C@@H](Cc2ccccc2)NC(=O)[C@H](CCN)NC(=O)[C@@H](NC(=O)[C@H](CCN)NC(=O)[C@@H](NC(=O)[C@H](CCN)NC(=O)CCCCCCC)[C@H](C)O)CCNC(=O)[C@H]([C@@H](C)O)NC(=O)[C@H](CCN)NC(=O)[C@H](CCN)NC1=O. The van der Waals surface area contributed by atoms with E-state index in [1.165, 1.54) is 13.8 Å². The van der Waals surface area contributed by atoms with Gasteiger partial charge < -0.3 is 97.4 Å². The molecule has 23 N–H and O–H groups in total. The molecule has 29 nitrogen and oxygen atoms in total. The van der Waals surface area contributed by atoms with Gasteiger partial charge in [0.2, 0.25) is 65.0 Å². The number of benzene rings is 1. The van der Waals surface area contributed by atoms with Crippen LogP contribution < -0.4 is 87.2 Å². The molecule has 498 valence electrons. The molecule has 0 radical (unpaired) electrons. The minimum absolute atomic E-state index is 0.0134. The van der Waals surface area contributed by atoms with Gasteiger partial charge >= 0.3 is 0 Å². The van der Waals surface area contributed by atoms with E-state index in [4.69, 9.17) is 28.7 Å². The van der Waals surface area contributed by atoms with Gasteiger partial charge in [-0.25, -0.2) is 0 Å². The minimum Gasteiger partial charge on any atom is -0.391 e. The summed E-state index contributed by atoms with van der Waals surface area (Å²) >= 11 is 0. The van der Waals surface area contributed by atoms with E-state index in [0.29, 0.717) is 24.8 Å². The van der Waals surface area contributed by atoms with Crippen molar-refractivity contribution in [1.82, 2.24) is 58.5 Å². The number of nitrogens with two attached hydrogens (primary N) is 5. The van der Waals surface area contributed by atoms with Gasteiger partial charge in [-0.15, -0.1) is 0 Å². The van der Waals surface area contributed by atoms with E-state index < -0.39 is 151 Å². The Morgan fingerprint density at radius 2 is 0.966 bits per heavy atom. The minimum atomic E-state index is -1.70. The summed E-state index contributed by atoms with van der Waals surface area (Å²) in [5, 5.41) is 50.0. The highest BCUT2D eigenvalue weighted by atomic mass is 16.3. The van der Waals surface area contributed by atoms with Gasteiger partial charge in [0.15, 0.2) is 0 Å². The van der Waals surface area contributed by atoms with Gasteiger partial charge in [0.1, 0.15) is 60.4 Å². The number of amides is 11. The first-order valence-electron chi connectivity index (χ1n) is 31.3. The molecule has 1 aliphatic rings. The zero-order valence-corrected chi connectivity index (χ0v) is 52.0. The van der Waals surface area contributed by atoms with Crippen molar-refractivity contribution < 1.29 is 63.0 Å². The molecule has 0 unspecified atom stereocenters. The van der Waals surface area contributed by atoms with Crippen molar-refractivity contribution >= 4 is 65.0 Å². The monoisotopic (exact) mass is 1240 g/mol. The lowest BCUT2D eigenvalue weighted by molar-refractivity contribution is -0.137. The van der Waals surface area contributed by atoms with Gasteiger partial charge in [-0.3, -0.25) is 52.7 Å². The van der Waals surface area contributed by atoms with Crippen LogP contribution in [-0.4, -0.2) is 187 Å². The molecule has 1 aromatic rings. The Morgan fingerprint density at radius 3 is 1.47 bits per heavy atom. The van der Waals surface area contributed by atoms with E-state index in [2.05, 4.69) is 72.3 Å². The molecule has 0 saturated carbocycles. The smallest absolute Gasteiger partial charge is 0.245 e. The highest BCUT2D eigenvalue weighted by molar-refractivity contribution is 5.99. The third-order valence-electron chi connectivity index (χ3n) is 14.9. The van der Waals surface area contributed by atoms with Crippen molar-refractivity contribution in [2.75, 3.05) is 39.3 Å². The third kappa shape index (κ3) is 29.0. The summed E-state index contributed by atoms with van der Waals surface area (Å²) in [6.45, 7) is 5.41. The molecule has 1 aliphatic heterocycles. The summed E-state index contributed by atoms with van der Waals surface area (Å²) in [6, 6.07) is -6.10. The molecule has 1 fully saturated rings. The van der Waals surface area contributed by atoms with Crippen molar-refractivity contribution in [1.29, 1.82) is 0 Å². The lowest BCUT2D eigenvalue weighted by Gasteiger charge is -2.28. The lowest BCUT2D eigenvalue weighted by Crippen LogP contribution is -2.62. The van der Waals surface area contributed by atoms with Gasteiger partial charge in [-0.2, -0.15) is 0 Å². The summed E-state index contributed by atoms with van der Waals surface area (Å²) < 4.78 is 0. The van der Waals surface area contributed by atoms with Crippen LogP contribution in [0.5, 0.6) is 0 Å². The third-order valence-corrected chi connectivity index (χ3v) is 14.9. The molecule has 0 bridgehead atoms. The molecular formula is C59H104N16O13. The summed E-state index contributed by atoms with van der Waals surface area (Å²) in [5.41, 5.74) is 30.1. The van der Waals surface area contributed by atoms with Crippen molar-refractivity contribution in [3.63, 3.8) is 0 Å². The highest BCUT2D eigenvalue weighted by Gasteiger charge is 2.37. The zero-order valence-electron chi connectivity index (χ0n) is 52.0. The Morgan fingerprint density at radius 1 is 0.511 bits per heavy atom. The lowest BCUT2D eigenvalue weighted by atomic mass is 10.0. The fraction of sp³-hybridized carbons (Fsp3) is 0.712. The van der Waals surface area contributed by atoms with Crippen molar-refractivity contribution in [3.8, 4) is 0 Å². The molecule has 1 aromatic carbocycles. The van der Waals surface area contributed by atoms with Gasteiger partial charge in [-0.1, -0.05) is 108 Å². The maximum atomic E-state index is 14.6. The molecule has 0 aromatic heterocycles. The molecule has 88 heavy (non-hydrogen) atoms. The quantitative estimate of drug-likeness (QED) is 0.0294. The van der Waals surface area contributed by atoms with E-state index in [1.807, 2.05) is 0 Å². The number of hydrogen-bond acceptors (Lipinski definition) is 18. The summed E-state index contributed by atoms with van der Waals surface area (Å²) in [5.74, 6) is -9.61. The first-order chi connectivity index (χ1) is 42.1. The maximum Gasteiger partial charge on any atom is 0.245 e. The van der Waals surface area contributed by atoms with Crippen LogP contribution in [0, 0.1) is 0 Å². The van der Waals surface area contributed by atoms with E-state index >= 15 is 0 Å². The number of carbonyl (C=O) groups is 11. The van der Waals surface area contributed by atoms with E-state index in [0.717, 1.165) is 51.4 Å². The maximum absolute atomic E-state index is 14.6. The first kappa shape index (κ1) is 77.2. The standard InChI is InChI=1S/C59H104N16O13/c1-5-7-9-11-13-17-21-39-50(79)68-41(24-30-61)51(80)70-44(27-33-64)56(85)74-48(36(3)76)58(87)65-34-28-45(54(83)69-42(25-31-62)53(82)73-46(57(86)67-39)35-38-19-15-14-16-20-38)71-52(81)43(26-32-63)72-59(88)49(37(4)77)75-55(84)40(23-29-60)66-47(78)22-18-12-10-8-6-2/h14-16,19-20,36-37,39-46,48-49,76-77H,5-13,17-18,21-35,60-64H2,1-4H3,(H,65,87)(H,66,78)(H,67,86)(H,68,79)(H,69,83)(H,70,80)(H,71,81)(H,72,88)(H,73,82)(H,74,85)(H,75,84)/t36-,37+,39+,40+,41+,42+,43+,44+,45+,46-,48+,49+/m1/s1. The van der Waals surface area contributed by atoms with Crippen LogP contribution in [0.3, 0.4) is 0 Å². The zero-order chi connectivity index (χ0) is 65.6. The fourth-order valence-electron chi connectivity index (χ4n) is 9.72. The average Bonchev–Trinajstić information content (AvgIpc) is 3.68. The number of hydrogen-bond donors (Lipinski definition) is 18. The number of unbranched alkanes of at least 4 members (excludes halogenated alkanes) is 9. The Balaban J connectivity index is 2.71. The average molecular weight is 1250 g/mol. The molecule has 0 spiro atoms.